The molecule has 0 amide bonds. The highest BCUT2D eigenvalue weighted by Crippen LogP contribution is 2.06. The maximum atomic E-state index is 4.25. The van der Waals surface area contributed by atoms with Crippen molar-refractivity contribution in [2.75, 3.05) is 0 Å². The Morgan fingerprint density at radius 1 is 1.50 bits per heavy atom. The van der Waals surface area contributed by atoms with Gasteiger partial charge in [0.15, 0.2) is 0 Å². The molecule has 10 heavy (non-hydrogen) atoms. The first-order chi connectivity index (χ1) is 4.86. The lowest BCUT2D eigenvalue weighted by Crippen LogP contribution is -3.01. The number of quaternary nitrogens is 1. The molecular weight excluding hydrogens is 124 g/mol. The summed E-state index contributed by atoms with van der Waals surface area (Å²) in [5.74, 6) is 0. The van der Waals surface area contributed by atoms with E-state index in [1.165, 1.54) is 16.2 Å². The molecule has 2 heteroatoms. The number of hydrogen-bond acceptors (Lipinski definition) is 1. The Balaban J connectivity index is 2.42. The van der Waals surface area contributed by atoms with Crippen LogP contribution in [0.5, 0.6) is 0 Å². The second-order valence-corrected chi connectivity index (χ2v) is 2.71. The average molecular weight is 134 g/mol. The molecule has 1 atom stereocenters. The topological polar surface area (TPSA) is 17.3 Å². The Morgan fingerprint density at radius 3 is 3.20 bits per heavy atom. The fourth-order valence-electron chi connectivity index (χ4n) is 1.36. The molecule has 1 unspecified atom stereocenters. The molecule has 0 aromatic carbocycles. The minimum Gasteiger partial charge on any atom is -0.459 e. The van der Waals surface area contributed by atoms with Gasteiger partial charge in [-0.05, 0) is 12.1 Å². The summed E-state index contributed by atoms with van der Waals surface area (Å²) in [6.45, 7) is 2.01. The molecule has 1 N–H and O–H groups in total. The van der Waals surface area contributed by atoms with Crippen LogP contribution in [0, 0.1) is 7.05 Å². The summed E-state index contributed by atoms with van der Waals surface area (Å²) >= 11 is 0. The summed E-state index contributed by atoms with van der Waals surface area (Å²) in [6.07, 6.45) is 1.84. The fraction of sp³-hybridized carbons (Fsp3) is 0.250. The molecule has 2 rings (SSSR count). The lowest BCUT2D eigenvalue weighted by atomic mass is 10.2. The molecule has 0 saturated heterocycles. The SMILES string of the molecule is [CH2-][NH+]1Cc2cccnc2C1. The van der Waals surface area contributed by atoms with Gasteiger partial charge in [-0.2, -0.15) is 7.05 Å². The standard InChI is InChI=1S/C8H10N2/c1-10-5-7-3-2-4-9-8(7)6-10/h2-4,10H,1,5-6H2. The highest BCUT2D eigenvalue weighted by Gasteiger charge is 2.15. The molecule has 52 valence electrons. The van der Waals surface area contributed by atoms with Crippen LogP contribution < -0.4 is 4.90 Å². The number of nitrogens with one attached hydrogen (secondary N) is 1. The van der Waals surface area contributed by atoms with Gasteiger partial charge in [0.05, 0.1) is 13.1 Å². The van der Waals surface area contributed by atoms with Crippen molar-refractivity contribution in [3.8, 4) is 0 Å². The van der Waals surface area contributed by atoms with E-state index in [1.807, 2.05) is 12.3 Å². The van der Waals surface area contributed by atoms with Gasteiger partial charge in [0.2, 0.25) is 0 Å². The summed E-state index contributed by atoms with van der Waals surface area (Å²) < 4.78 is 0. The number of hydrogen-bond donors (Lipinski definition) is 1. The number of nitrogens with zero attached hydrogens (tertiary/aromatic N) is 1. The Kier molecular flexibility index (Phi) is 1.21. The number of pyridine rings is 1. The minimum absolute atomic E-state index is 0.982. The largest absolute Gasteiger partial charge is 0.459 e. The molecule has 0 radical (unpaired) electrons. The molecule has 1 aromatic heterocycles. The smallest absolute Gasteiger partial charge is 0.101 e. The van der Waals surface area contributed by atoms with Gasteiger partial charge >= 0.3 is 0 Å². The fourth-order valence-corrected chi connectivity index (χ4v) is 1.36. The molecule has 0 fully saturated rings. The van der Waals surface area contributed by atoms with Crippen LogP contribution in [0.25, 0.3) is 0 Å². The first-order valence-electron chi connectivity index (χ1n) is 3.45. The summed E-state index contributed by atoms with van der Waals surface area (Å²) in [4.78, 5) is 5.53. The lowest BCUT2D eigenvalue weighted by Gasteiger charge is -2.09. The van der Waals surface area contributed by atoms with Gasteiger partial charge in [-0.3, -0.25) is 4.98 Å². The quantitative estimate of drug-likeness (QED) is 0.485. The van der Waals surface area contributed by atoms with Crippen LogP contribution in [0.2, 0.25) is 0 Å². The lowest BCUT2D eigenvalue weighted by molar-refractivity contribution is -0.875. The van der Waals surface area contributed by atoms with E-state index >= 15 is 0 Å². The average Bonchev–Trinajstić information content (AvgIpc) is 2.27. The Bertz CT molecular complexity index is 220. The van der Waals surface area contributed by atoms with Crippen LogP contribution >= 0.6 is 0 Å². The Labute approximate surface area is 60.5 Å². The van der Waals surface area contributed by atoms with Gasteiger partial charge in [-0.1, -0.05) is 0 Å². The molecule has 0 saturated carbocycles. The van der Waals surface area contributed by atoms with Crippen molar-refractivity contribution in [3.63, 3.8) is 0 Å². The van der Waals surface area contributed by atoms with E-state index in [9.17, 15) is 0 Å². The molecule has 2 heterocycles. The molecule has 0 bridgehead atoms. The molecule has 1 aromatic rings. The first-order valence-corrected chi connectivity index (χ1v) is 3.45. The van der Waals surface area contributed by atoms with Gasteiger partial charge < -0.3 is 4.90 Å². The zero-order valence-electron chi connectivity index (χ0n) is 5.80. The van der Waals surface area contributed by atoms with Crippen molar-refractivity contribution < 1.29 is 4.90 Å². The molecular formula is C8H10N2. The number of aromatic nitrogens is 1. The molecule has 0 spiro atoms. The minimum atomic E-state index is 0.982. The van der Waals surface area contributed by atoms with E-state index in [-0.39, 0.29) is 0 Å². The zero-order chi connectivity index (χ0) is 6.97. The number of fused-ring (bicyclic) bond motifs is 1. The van der Waals surface area contributed by atoms with Crippen LogP contribution in [-0.4, -0.2) is 4.98 Å². The molecule has 2 nitrogen and oxygen atoms in total. The van der Waals surface area contributed by atoms with E-state index in [0.717, 1.165) is 13.1 Å². The normalized spacial score (nSPS) is 22.7. The van der Waals surface area contributed by atoms with Crippen molar-refractivity contribution in [3.05, 3.63) is 36.6 Å². The predicted octanol–water partition coefficient (Wildman–Crippen LogP) is -0.228. The van der Waals surface area contributed by atoms with Crippen LogP contribution in [0.4, 0.5) is 0 Å². The summed E-state index contributed by atoms with van der Waals surface area (Å²) in [6, 6.07) is 4.11. The second kappa shape index (κ2) is 2.06. The van der Waals surface area contributed by atoms with Gasteiger partial charge in [-0.25, -0.2) is 0 Å². The maximum Gasteiger partial charge on any atom is 0.101 e. The zero-order valence-corrected chi connectivity index (χ0v) is 5.80. The third-order valence-corrected chi connectivity index (χ3v) is 1.84. The van der Waals surface area contributed by atoms with E-state index < -0.39 is 0 Å². The van der Waals surface area contributed by atoms with Gasteiger partial charge in [0, 0.05) is 11.8 Å². The van der Waals surface area contributed by atoms with E-state index in [4.69, 9.17) is 0 Å². The van der Waals surface area contributed by atoms with Crippen molar-refractivity contribution in [1.29, 1.82) is 0 Å². The molecule has 0 aliphatic carbocycles. The monoisotopic (exact) mass is 134 g/mol. The Hall–Kier alpha value is -0.890. The highest BCUT2D eigenvalue weighted by atomic mass is 15.1. The summed E-state index contributed by atoms with van der Waals surface area (Å²) in [5, 5.41) is 0. The van der Waals surface area contributed by atoms with Crippen LogP contribution in [0.3, 0.4) is 0 Å². The molecule has 1 aliphatic heterocycles. The predicted molar refractivity (Wildman–Crippen MR) is 38.0 cm³/mol. The Morgan fingerprint density at radius 2 is 2.40 bits per heavy atom. The van der Waals surface area contributed by atoms with Crippen molar-refractivity contribution in [2.45, 2.75) is 13.1 Å². The number of rotatable bonds is 0. The van der Waals surface area contributed by atoms with Gasteiger partial charge in [0.25, 0.3) is 0 Å². The third-order valence-electron chi connectivity index (χ3n) is 1.84. The van der Waals surface area contributed by atoms with Crippen LogP contribution in [0.15, 0.2) is 18.3 Å². The van der Waals surface area contributed by atoms with Crippen LogP contribution in [-0.2, 0) is 13.1 Å². The van der Waals surface area contributed by atoms with Crippen molar-refractivity contribution in [1.82, 2.24) is 4.98 Å². The van der Waals surface area contributed by atoms with Crippen molar-refractivity contribution in [2.24, 2.45) is 0 Å². The van der Waals surface area contributed by atoms with E-state index in [2.05, 4.69) is 18.1 Å². The van der Waals surface area contributed by atoms with Gasteiger partial charge in [0.1, 0.15) is 5.69 Å². The van der Waals surface area contributed by atoms with E-state index in [1.54, 1.807) is 0 Å². The summed E-state index contributed by atoms with van der Waals surface area (Å²) in [7, 11) is 3.93. The third kappa shape index (κ3) is 0.809. The van der Waals surface area contributed by atoms with Crippen molar-refractivity contribution >= 4 is 0 Å². The second-order valence-electron chi connectivity index (χ2n) is 2.71. The molecule has 1 aliphatic rings. The van der Waals surface area contributed by atoms with Crippen LogP contribution in [0.1, 0.15) is 11.3 Å². The van der Waals surface area contributed by atoms with Gasteiger partial charge in [-0.15, -0.1) is 0 Å². The summed E-state index contributed by atoms with van der Waals surface area (Å²) in [5.41, 5.74) is 2.57. The van der Waals surface area contributed by atoms with E-state index in [0.29, 0.717) is 0 Å². The highest BCUT2D eigenvalue weighted by molar-refractivity contribution is 5.19. The first kappa shape index (κ1) is 5.86. The maximum absolute atomic E-state index is 4.25.